The van der Waals surface area contributed by atoms with Gasteiger partial charge < -0.3 is 5.73 Å². The Morgan fingerprint density at radius 2 is 2.58 bits per heavy atom. The van der Waals surface area contributed by atoms with Gasteiger partial charge in [0, 0.05) is 23.4 Å². The van der Waals surface area contributed by atoms with E-state index in [1.54, 1.807) is 23.1 Å². The van der Waals surface area contributed by atoms with E-state index in [1.807, 2.05) is 11.6 Å². The summed E-state index contributed by atoms with van der Waals surface area (Å²) in [6.45, 7) is 2.16. The van der Waals surface area contributed by atoms with Crippen molar-refractivity contribution in [3.05, 3.63) is 11.6 Å². The first-order chi connectivity index (χ1) is 5.83. The van der Waals surface area contributed by atoms with Crippen LogP contribution in [-0.4, -0.2) is 16.8 Å². The molecule has 1 heterocycles. The van der Waals surface area contributed by atoms with Crippen molar-refractivity contribution in [3.8, 4) is 0 Å². The Hall–Kier alpha value is -0.0600. The van der Waals surface area contributed by atoms with E-state index >= 15 is 0 Å². The molecule has 1 atom stereocenters. The molecule has 0 aliphatic rings. The minimum atomic E-state index is 0.323. The number of nitrogens with zero attached hydrogens (tertiary/aromatic N) is 1. The lowest BCUT2D eigenvalue weighted by molar-refractivity contribution is 0.660. The van der Waals surface area contributed by atoms with E-state index in [1.165, 1.54) is 6.42 Å². The average molecular weight is 202 g/mol. The van der Waals surface area contributed by atoms with Gasteiger partial charge in [0.2, 0.25) is 0 Å². The first-order valence-corrected chi connectivity index (χ1v) is 5.97. The third kappa shape index (κ3) is 3.56. The molecule has 0 aliphatic heterocycles. The van der Waals surface area contributed by atoms with E-state index in [4.69, 9.17) is 5.73 Å². The summed E-state index contributed by atoms with van der Waals surface area (Å²) in [6.07, 6.45) is 4.11. The van der Waals surface area contributed by atoms with E-state index in [0.717, 1.165) is 16.5 Å². The Morgan fingerprint density at radius 1 is 1.75 bits per heavy atom. The smallest absolute Gasteiger partial charge is 0.149 e. The molecule has 1 aromatic rings. The average Bonchev–Trinajstić information content (AvgIpc) is 2.53. The van der Waals surface area contributed by atoms with Crippen LogP contribution in [0.25, 0.3) is 0 Å². The highest BCUT2D eigenvalue weighted by atomic mass is 32.2. The summed E-state index contributed by atoms with van der Waals surface area (Å²) in [6, 6.07) is 0.323. The van der Waals surface area contributed by atoms with Crippen LogP contribution in [0.15, 0.2) is 15.9 Å². The van der Waals surface area contributed by atoms with Crippen molar-refractivity contribution in [1.29, 1.82) is 0 Å². The lowest BCUT2D eigenvalue weighted by atomic mass is 10.2. The van der Waals surface area contributed by atoms with Crippen molar-refractivity contribution < 1.29 is 0 Å². The molecule has 0 aliphatic carbocycles. The van der Waals surface area contributed by atoms with Gasteiger partial charge in [0.15, 0.2) is 0 Å². The largest absolute Gasteiger partial charge is 0.327 e. The monoisotopic (exact) mass is 202 g/mol. The van der Waals surface area contributed by atoms with Crippen LogP contribution in [0.4, 0.5) is 0 Å². The first-order valence-electron chi connectivity index (χ1n) is 4.10. The van der Waals surface area contributed by atoms with E-state index in [0.29, 0.717) is 6.04 Å². The van der Waals surface area contributed by atoms with Crippen LogP contribution < -0.4 is 5.73 Å². The van der Waals surface area contributed by atoms with Crippen molar-refractivity contribution in [3.63, 3.8) is 0 Å². The van der Waals surface area contributed by atoms with Gasteiger partial charge in [0.1, 0.15) is 4.34 Å². The van der Waals surface area contributed by atoms with Crippen LogP contribution in [0.5, 0.6) is 0 Å². The summed E-state index contributed by atoms with van der Waals surface area (Å²) in [5.41, 5.74) is 5.86. The van der Waals surface area contributed by atoms with Crippen molar-refractivity contribution >= 4 is 23.1 Å². The van der Waals surface area contributed by atoms with Crippen LogP contribution in [0.2, 0.25) is 0 Å². The molecule has 0 fully saturated rings. The topological polar surface area (TPSA) is 38.9 Å². The molecule has 0 amide bonds. The summed E-state index contributed by atoms with van der Waals surface area (Å²) in [5, 5.41) is 1.99. The summed E-state index contributed by atoms with van der Waals surface area (Å²) >= 11 is 3.44. The Kier molecular flexibility index (Phi) is 4.65. The highest BCUT2D eigenvalue weighted by Crippen LogP contribution is 2.21. The summed E-state index contributed by atoms with van der Waals surface area (Å²) < 4.78 is 1.13. The fourth-order valence-electron chi connectivity index (χ4n) is 0.914. The standard InChI is InChI=1S/C8H14N2S2/c1-2-3-7(9)6-12-8-10-4-5-11-8/h4-5,7H,2-3,6,9H2,1H3. The molecule has 2 N–H and O–H groups in total. The van der Waals surface area contributed by atoms with Crippen LogP contribution in [0.3, 0.4) is 0 Å². The zero-order chi connectivity index (χ0) is 8.81. The van der Waals surface area contributed by atoms with Crippen LogP contribution in [-0.2, 0) is 0 Å². The zero-order valence-electron chi connectivity index (χ0n) is 7.19. The van der Waals surface area contributed by atoms with Gasteiger partial charge in [-0.15, -0.1) is 11.3 Å². The highest BCUT2D eigenvalue weighted by Gasteiger charge is 2.02. The summed E-state index contributed by atoms with van der Waals surface area (Å²) in [7, 11) is 0. The fraction of sp³-hybridized carbons (Fsp3) is 0.625. The quantitative estimate of drug-likeness (QED) is 0.745. The molecule has 1 aromatic heterocycles. The maximum absolute atomic E-state index is 5.86. The van der Waals surface area contributed by atoms with Crippen molar-refractivity contribution in [2.45, 2.75) is 30.1 Å². The maximum atomic E-state index is 5.86. The Bertz CT molecular complexity index is 199. The molecule has 2 nitrogen and oxygen atoms in total. The lowest BCUT2D eigenvalue weighted by Gasteiger charge is -2.07. The number of nitrogens with two attached hydrogens (primary N) is 1. The van der Waals surface area contributed by atoms with Crippen molar-refractivity contribution in [1.82, 2.24) is 4.98 Å². The van der Waals surface area contributed by atoms with Crippen molar-refractivity contribution in [2.24, 2.45) is 5.73 Å². The van der Waals surface area contributed by atoms with Gasteiger partial charge in [-0.25, -0.2) is 4.98 Å². The Balaban J connectivity index is 2.17. The van der Waals surface area contributed by atoms with Crippen LogP contribution in [0, 0.1) is 0 Å². The molecule has 1 unspecified atom stereocenters. The molecule has 0 spiro atoms. The third-order valence-corrected chi connectivity index (χ3v) is 3.64. The van der Waals surface area contributed by atoms with E-state index in [2.05, 4.69) is 11.9 Å². The molecule has 0 saturated heterocycles. The maximum Gasteiger partial charge on any atom is 0.149 e. The number of rotatable bonds is 5. The molecule has 0 radical (unpaired) electrons. The summed E-state index contributed by atoms with van der Waals surface area (Å²) in [4.78, 5) is 4.17. The predicted molar refractivity (Wildman–Crippen MR) is 55.7 cm³/mol. The molecule has 0 bridgehead atoms. The number of hydrogen-bond acceptors (Lipinski definition) is 4. The molecule has 0 aromatic carbocycles. The third-order valence-electron chi connectivity index (χ3n) is 1.49. The van der Waals surface area contributed by atoms with E-state index in [-0.39, 0.29) is 0 Å². The minimum Gasteiger partial charge on any atom is -0.327 e. The Labute approximate surface area is 81.6 Å². The molecule has 12 heavy (non-hydrogen) atoms. The van der Waals surface area contributed by atoms with Crippen molar-refractivity contribution in [2.75, 3.05) is 5.75 Å². The number of aromatic nitrogens is 1. The van der Waals surface area contributed by atoms with Crippen LogP contribution in [0.1, 0.15) is 19.8 Å². The van der Waals surface area contributed by atoms with Gasteiger partial charge in [0.05, 0.1) is 0 Å². The molecule has 1 rings (SSSR count). The van der Waals surface area contributed by atoms with Gasteiger partial charge >= 0.3 is 0 Å². The first kappa shape index (κ1) is 10.0. The van der Waals surface area contributed by atoms with Gasteiger partial charge in [-0.05, 0) is 6.42 Å². The number of hydrogen-bond donors (Lipinski definition) is 1. The van der Waals surface area contributed by atoms with Crippen LogP contribution >= 0.6 is 23.1 Å². The zero-order valence-corrected chi connectivity index (χ0v) is 8.83. The predicted octanol–water partition coefficient (Wildman–Crippen LogP) is 2.36. The number of thioether (sulfide) groups is 1. The molecular formula is C8H14N2S2. The normalized spacial score (nSPS) is 13.2. The molecular weight excluding hydrogens is 188 g/mol. The Morgan fingerprint density at radius 3 is 3.17 bits per heavy atom. The van der Waals surface area contributed by atoms with Gasteiger partial charge in [0.25, 0.3) is 0 Å². The number of thiazole rings is 1. The second-order valence-corrected chi connectivity index (χ2v) is 4.82. The minimum absolute atomic E-state index is 0.323. The van der Waals surface area contributed by atoms with Gasteiger partial charge in [-0.2, -0.15) is 0 Å². The SMILES string of the molecule is CCCC(N)CSc1nccs1. The lowest BCUT2D eigenvalue weighted by Crippen LogP contribution is -2.22. The molecule has 0 saturated carbocycles. The second kappa shape index (κ2) is 5.56. The molecule has 4 heteroatoms. The fourth-order valence-corrected chi connectivity index (χ4v) is 2.58. The van der Waals surface area contributed by atoms with E-state index in [9.17, 15) is 0 Å². The highest BCUT2D eigenvalue weighted by molar-refractivity contribution is 8.01. The molecule has 68 valence electrons. The van der Waals surface area contributed by atoms with Gasteiger partial charge in [-0.1, -0.05) is 25.1 Å². The van der Waals surface area contributed by atoms with E-state index < -0.39 is 0 Å². The summed E-state index contributed by atoms with van der Waals surface area (Å²) in [5.74, 6) is 0.987. The second-order valence-electron chi connectivity index (χ2n) is 2.66. The van der Waals surface area contributed by atoms with Gasteiger partial charge in [-0.3, -0.25) is 0 Å².